The number of aryl methyl sites for hydroxylation is 1. The molecule has 2 aromatic rings. The molecule has 0 amide bonds. The van der Waals surface area contributed by atoms with Gasteiger partial charge < -0.3 is 10.6 Å². The Morgan fingerprint density at radius 1 is 1.24 bits per heavy atom. The van der Waals surface area contributed by atoms with Crippen LogP contribution in [0.25, 0.3) is 0 Å². The van der Waals surface area contributed by atoms with Crippen molar-refractivity contribution in [3.05, 3.63) is 35.7 Å². The molecule has 2 N–H and O–H groups in total. The lowest BCUT2D eigenvalue weighted by Crippen LogP contribution is -2.21. The highest BCUT2D eigenvalue weighted by Crippen LogP contribution is 2.33. The molecule has 2 rings (SSSR count). The highest BCUT2D eigenvalue weighted by Gasteiger charge is 2.36. The molecule has 1 aromatic heterocycles. The number of hydrogen-bond acceptors (Lipinski definition) is 5. The van der Waals surface area contributed by atoms with Gasteiger partial charge >= 0.3 is 6.18 Å². The molecule has 21 heavy (non-hydrogen) atoms. The van der Waals surface area contributed by atoms with Crippen molar-refractivity contribution in [2.24, 2.45) is 5.73 Å². The maximum absolute atomic E-state index is 12.6. The molecule has 1 heterocycles. The second-order valence-electron chi connectivity index (χ2n) is 4.53. The summed E-state index contributed by atoms with van der Waals surface area (Å²) in [5.41, 5.74) is 7.34. The predicted octanol–water partition coefficient (Wildman–Crippen LogP) is 3.35. The van der Waals surface area contributed by atoms with Gasteiger partial charge in [0, 0.05) is 23.8 Å². The van der Waals surface area contributed by atoms with Crippen LogP contribution in [0.4, 0.5) is 24.0 Å². The highest BCUT2D eigenvalue weighted by atomic mass is 32.1. The number of rotatable bonds is 5. The maximum Gasteiger partial charge on any atom is 0.452 e. The van der Waals surface area contributed by atoms with Crippen LogP contribution in [0, 0.1) is 6.92 Å². The molecule has 0 atom stereocenters. The summed E-state index contributed by atoms with van der Waals surface area (Å²) in [6.07, 6.45) is -3.88. The number of hydrogen-bond donors (Lipinski definition) is 1. The molecule has 0 radical (unpaired) electrons. The first kappa shape index (κ1) is 15.7. The minimum atomic E-state index is -4.53. The first-order valence-corrected chi connectivity index (χ1v) is 7.14. The van der Waals surface area contributed by atoms with E-state index in [4.69, 9.17) is 5.73 Å². The first-order valence-electron chi connectivity index (χ1n) is 6.37. The number of aromatic nitrogens is 2. The van der Waals surface area contributed by atoms with E-state index >= 15 is 0 Å². The van der Waals surface area contributed by atoms with E-state index in [0.717, 1.165) is 22.8 Å². The highest BCUT2D eigenvalue weighted by molar-refractivity contribution is 7.09. The molecule has 0 bridgehead atoms. The Kier molecular flexibility index (Phi) is 4.79. The maximum atomic E-state index is 12.6. The van der Waals surface area contributed by atoms with Crippen LogP contribution in [0.15, 0.2) is 24.3 Å². The molecule has 4 nitrogen and oxygen atoms in total. The zero-order valence-corrected chi connectivity index (χ0v) is 12.2. The van der Waals surface area contributed by atoms with Crippen LogP contribution >= 0.6 is 11.5 Å². The van der Waals surface area contributed by atoms with E-state index in [0.29, 0.717) is 19.5 Å². The SMILES string of the molecule is Cc1ccc(N(CCCN)c2nc(C(F)(F)F)ns2)cc1. The summed E-state index contributed by atoms with van der Waals surface area (Å²) in [6, 6.07) is 7.49. The molecular formula is C13H15F3N4S. The standard InChI is InChI=1S/C13H15F3N4S/c1-9-3-5-10(6-4-9)20(8-2-7-17)12-18-11(19-21-12)13(14,15)16/h3-6H,2,7-8,17H2,1H3. The second-order valence-corrected chi connectivity index (χ2v) is 5.26. The number of benzene rings is 1. The quantitative estimate of drug-likeness (QED) is 0.919. The van der Waals surface area contributed by atoms with Crippen molar-refractivity contribution in [1.29, 1.82) is 0 Å². The average Bonchev–Trinajstić information content (AvgIpc) is 2.91. The number of nitrogens with two attached hydrogens (primary N) is 1. The summed E-state index contributed by atoms with van der Waals surface area (Å²) in [7, 11) is 0. The van der Waals surface area contributed by atoms with Crippen molar-refractivity contribution in [1.82, 2.24) is 9.36 Å². The molecule has 0 aliphatic carbocycles. The van der Waals surface area contributed by atoms with E-state index in [1.54, 1.807) is 4.90 Å². The Labute approximate surface area is 124 Å². The average molecular weight is 316 g/mol. The van der Waals surface area contributed by atoms with Crippen LogP contribution in [-0.4, -0.2) is 22.4 Å². The molecule has 1 aromatic carbocycles. The summed E-state index contributed by atoms with van der Waals surface area (Å²) >= 11 is 0.738. The second kappa shape index (κ2) is 6.40. The van der Waals surface area contributed by atoms with Gasteiger partial charge in [-0.3, -0.25) is 0 Å². The number of halogens is 3. The molecule has 0 saturated heterocycles. The minimum absolute atomic E-state index is 0.222. The zero-order valence-electron chi connectivity index (χ0n) is 11.4. The van der Waals surface area contributed by atoms with Gasteiger partial charge in [-0.05, 0) is 32.0 Å². The fourth-order valence-corrected chi connectivity index (χ4v) is 2.48. The molecule has 8 heteroatoms. The lowest BCUT2D eigenvalue weighted by atomic mass is 10.2. The fraction of sp³-hybridized carbons (Fsp3) is 0.385. The van der Waals surface area contributed by atoms with Crippen molar-refractivity contribution in [2.75, 3.05) is 18.0 Å². The van der Waals surface area contributed by atoms with E-state index in [-0.39, 0.29) is 5.13 Å². The lowest BCUT2D eigenvalue weighted by molar-refractivity contribution is -0.144. The number of nitrogens with zero attached hydrogens (tertiary/aromatic N) is 3. The largest absolute Gasteiger partial charge is 0.452 e. The minimum Gasteiger partial charge on any atom is -0.330 e. The van der Waals surface area contributed by atoms with Gasteiger partial charge in [0.05, 0.1) is 0 Å². The van der Waals surface area contributed by atoms with Gasteiger partial charge in [-0.2, -0.15) is 22.5 Å². The summed E-state index contributed by atoms with van der Waals surface area (Å²) < 4.78 is 41.2. The van der Waals surface area contributed by atoms with E-state index in [9.17, 15) is 13.2 Å². The van der Waals surface area contributed by atoms with Crippen LogP contribution in [0.3, 0.4) is 0 Å². The van der Waals surface area contributed by atoms with Crippen LogP contribution in [0.5, 0.6) is 0 Å². The molecular weight excluding hydrogens is 301 g/mol. The normalized spacial score (nSPS) is 11.7. The van der Waals surface area contributed by atoms with Crippen LogP contribution < -0.4 is 10.6 Å². The molecule has 0 spiro atoms. The van der Waals surface area contributed by atoms with Crippen molar-refractivity contribution in [3.63, 3.8) is 0 Å². The van der Waals surface area contributed by atoms with Crippen LogP contribution in [-0.2, 0) is 6.18 Å². The Hall–Kier alpha value is -1.67. The third kappa shape index (κ3) is 3.92. The van der Waals surface area contributed by atoms with Crippen molar-refractivity contribution < 1.29 is 13.2 Å². The van der Waals surface area contributed by atoms with Gasteiger partial charge in [-0.15, -0.1) is 0 Å². The van der Waals surface area contributed by atoms with Gasteiger partial charge in [0.15, 0.2) is 0 Å². The van der Waals surface area contributed by atoms with Gasteiger partial charge in [0.1, 0.15) is 0 Å². The summed E-state index contributed by atoms with van der Waals surface area (Å²) in [4.78, 5) is 5.31. The Balaban J connectivity index is 2.31. The number of alkyl halides is 3. The Morgan fingerprint density at radius 2 is 1.90 bits per heavy atom. The van der Waals surface area contributed by atoms with E-state index in [1.165, 1.54) is 0 Å². The third-order valence-corrected chi connectivity index (χ3v) is 3.57. The fourth-order valence-electron chi connectivity index (χ4n) is 1.75. The molecule has 0 saturated carbocycles. The van der Waals surface area contributed by atoms with Crippen molar-refractivity contribution in [3.8, 4) is 0 Å². The van der Waals surface area contributed by atoms with Gasteiger partial charge in [0.25, 0.3) is 0 Å². The summed E-state index contributed by atoms with van der Waals surface area (Å²) in [6.45, 7) is 2.89. The van der Waals surface area contributed by atoms with Crippen LogP contribution in [0.1, 0.15) is 17.8 Å². The number of anilines is 2. The topological polar surface area (TPSA) is 55.0 Å². The van der Waals surface area contributed by atoms with Crippen molar-refractivity contribution >= 4 is 22.4 Å². The first-order chi connectivity index (χ1) is 9.91. The monoisotopic (exact) mass is 316 g/mol. The van der Waals surface area contributed by atoms with E-state index in [2.05, 4.69) is 9.36 Å². The molecule has 0 aliphatic rings. The predicted molar refractivity (Wildman–Crippen MR) is 76.8 cm³/mol. The molecule has 0 fully saturated rings. The van der Waals surface area contributed by atoms with Gasteiger partial charge in [-0.1, -0.05) is 17.7 Å². The van der Waals surface area contributed by atoms with Gasteiger partial charge in [-0.25, -0.2) is 0 Å². The molecule has 0 unspecified atom stereocenters. The Morgan fingerprint density at radius 3 is 2.43 bits per heavy atom. The third-order valence-electron chi connectivity index (χ3n) is 2.83. The molecule has 0 aliphatic heterocycles. The smallest absolute Gasteiger partial charge is 0.330 e. The van der Waals surface area contributed by atoms with Crippen molar-refractivity contribution in [2.45, 2.75) is 19.5 Å². The van der Waals surface area contributed by atoms with Gasteiger partial charge in [0.2, 0.25) is 11.0 Å². The van der Waals surface area contributed by atoms with E-state index in [1.807, 2.05) is 31.2 Å². The Bertz CT molecular complexity index is 580. The molecule has 114 valence electrons. The summed E-state index contributed by atoms with van der Waals surface area (Å²) in [5.74, 6) is -1.10. The summed E-state index contributed by atoms with van der Waals surface area (Å²) in [5, 5.41) is 0.222. The zero-order chi connectivity index (χ0) is 15.5. The lowest BCUT2D eigenvalue weighted by Gasteiger charge is -2.21. The van der Waals surface area contributed by atoms with Crippen LogP contribution in [0.2, 0.25) is 0 Å². The van der Waals surface area contributed by atoms with E-state index < -0.39 is 12.0 Å².